The fourth-order valence-corrected chi connectivity index (χ4v) is 2.57. The van der Waals surface area contributed by atoms with Gasteiger partial charge in [-0.1, -0.05) is 24.6 Å². The lowest BCUT2D eigenvalue weighted by molar-refractivity contribution is 0.404. The summed E-state index contributed by atoms with van der Waals surface area (Å²) in [6.45, 7) is 7.14. The molecule has 2 aromatic rings. The van der Waals surface area contributed by atoms with Crippen LogP contribution in [0.4, 0.5) is 0 Å². The maximum atomic E-state index is 5.53. The van der Waals surface area contributed by atoms with Gasteiger partial charge in [0.05, 0.1) is 18.8 Å². The van der Waals surface area contributed by atoms with Gasteiger partial charge in [-0.2, -0.15) is 5.10 Å². The van der Waals surface area contributed by atoms with Crippen molar-refractivity contribution in [1.29, 1.82) is 0 Å². The largest absolute Gasteiger partial charge is 0.496 e. The molecule has 1 N–H and O–H groups in total. The molecule has 0 radical (unpaired) electrons. The number of nitrogens with zero attached hydrogens (tertiary/aromatic N) is 2. The molecule has 1 aromatic heterocycles. The fraction of sp³-hybridized carbons (Fsp3) is 0.438. The van der Waals surface area contributed by atoms with Crippen LogP contribution < -0.4 is 10.1 Å². The molecule has 2 rings (SSSR count). The molecule has 0 spiro atoms. The van der Waals surface area contributed by atoms with E-state index >= 15 is 0 Å². The topological polar surface area (TPSA) is 39.1 Å². The van der Waals surface area contributed by atoms with Crippen LogP contribution in [0.3, 0.4) is 0 Å². The molecule has 0 aliphatic carbocycles. The number of hydrogen-bond donors (Lipinski definition) is 1. The van der Waals surface area contributed by atoms with Gasteiger partial charge in [0.25, 0.3) is 0 Å². The number of rotatable bonds is 5. The minimum atomic E-state index is 0.101. The van der Waals surface area contributed by atoms with E-state index in [1.165, 1.54) is 11.1 Å². The number of hydrogen-bond acceptors (Lipinski definition) is 3. The molecule has 4 nitrogen and oxygen atoms in total. The first-order valence-corrected chi connectivity index (χ1v) is 6.94. The van der Waals surface area contributed by atoms with Crippen molar-refractivity contribution in [2.24, 2.45) is 7.05 Å². The average molecular weight is 273 g/mol. The van der Waals surface area contributed by atoms with Crippen LogP contribution in [-0.2, 0) is 7.05 Å². The summed E-state index contributed by atoms with van der Waals surface area (Å²) in [5.41, 5.74) is 4.62. The molecule has 108 valence electrons. The first kappa shape index (κ1) is 14.6. The summed E-state index contributed by atoms with van der Waals surface area (Å²) in [4.78, 5) is 0. The highest BCUT2D eigenvalue weighted by atomic mass is 16.5. The zero-order chi connectivity index (χ0) is 14.7. The molecule has 20 heavy (non-hydrogen) atoms. The Bertz CT molecular complexity index is 589. The maximum absolute atomic E-state index is 5.53. The van der Waals surface area contributed by atoms with Gasteiger partial charge in [0.15, 0.2) is 0 Å². The lowest BCUT2D eigenvalue weighted by atomic mass is 9.97. The molecule has 1 atom stereocenters. The Hall–Kier alpha value is -1.81. The van der Waals surface area contributed by atoms with Gasteiger partial charge in [0, 0.05) is 24.4 Å². The Kier molecular flexibility index (Phi) is 4.45. The summed E-state index contributed by atoms with van der Waals surface area (Å²) in [5, 5.41) is 7.99. The Labute approximate surface area is 120 Å². The predicted molar refractivity (Wildman–Crippen MR) is 81.2 cm³/mol. The summed E-state index contributed by atoms with van der Waals surface area (Å²) >= 11 is 0. The second kappa shape index (κ2) is 6.09. The first-order chi connectivity index (χ1) is 9.56. The highest BCUT2D eigenvalue weighted by molar-refractivity contribution is 5.44. The number of nitrogens with one attached hydrogen (secondary N) is 1. The molecule has 1 aromatic carbocycles. The van der Waals surface area contributed by atoms with E-state index in [4.69, 9.17) is 4.74 Å². The van der Waals surface area contributed by atoms with Crippen molar-refractivity contribution >= 4 is 0 Å². The summed E-state index contributed by atoms with van der Waals surface area (Å²) < 4.78 is 7.39. The number of aryl methyl sites for hydroxylation is 3. The zero-order valence-electron chi connectivity index (χ0n) is 12.9. The van der Waals surface area contributed by atoms with Crippen LogP contribution in [0.1, 0.15) is 35.3 Å². The van der Waals surface area contributed by atoms with E-state index in [-0.39, 0.29) is 6.04 Å². The Morgan fingerprint density at radius 1 is 1.30 bits per heavy atom. The summed E-state index contributed by atoms with van der Waals surface area (Å²) in [5.74, 6) is 0.907. The van der Waals surface area contributed by atoms with Crippen molar-refractivity contribution in [1.82, 2.24) is 15.1 Å². The third kappa shape index (κ3) is 2.85. The summed E-state index contributed by atoms with van der Waals surface area (Å²) in [6, 6.07) is 6.38. The number of methoxy groups -OCH3 is 1. The van der Waals surface area contributed by atoms with Gasteiger partial charge in [-0.15, -0.1) is 0 Å². The molecular weight excluding hydrogens is 250 g/mol. The van der Waals surface area contributed by atoms with Gasteiger partial charge in [-0.25, -0.2) is 0 Å². The van der Waals surface area contributed by atoms with E-state index in [9.17, 15) is 0 Å². The third-order valence-electron chi connectivity index (χ3n) is 3.47. The number of ether oxygens (including phenoxy) is 1. The quantitative estimate of drug-likeness (QED) is 0.910. The number of benzene rings is 1. The summed E-state index contributed by atoms with van der Waals surface area (Å²) in [6.07, 6.45) is 2.07. The molecular formula is C16H23N3O. The van der Waals surface area contributed by atoms with Gasteiger partial charge in [-0.3, -0.25) is 4.68 Å². The van der Waals surface area contributed by atoms with Crippen LogP contribution >= 0.6 is 0 Å². The van der Waals surface area contributed by atoms with Gasteiger partial charge < -0.3 is 10.1 Å². The van der Waals surface area contributed by atoms with Gasteiger partial charge >= 0.3 is 0 Å². The van der Waals surface area contributed by atoms with Crippen LogP contribution in [-0.4, -0.2) is 23.4 Å². The molecule has 0 saturated heterocycles. The first-order valence-electron chi connectivity index (χ1n) is 6.94. The minimum absolute atomic E-state index is 0.101. The second-order valence-corrected chi connectivity index (χ2v) is 5.08. The normalized spacial score (nSPS) is 12.4. The van der Waals surface area contributed by atoms with Gasteiger partial charge in [0.2, 0.25) is 0 Å². The zero-order valence-corrected chi connectivity index (χ0v) is 12.9. The molecule has 0 bridgehead atoms. The highest BCUT2D eigenvalue weighted by Gasteiger charge is 2.21. The SMILES string of the molecule is CCNC(c1cc(C)ccc1OC)c1cn(C)nc1C. The minimum Gasteiger partial charge on any atom is -0.496 e. The van der Waals surface area contributed by atoms with Crippen LogP contribution in [0.5, 0.6) is 5.75 Å². The average Bonchev–Trinajstić information content (AvgIpc) is 2.75. The van der Waals surface area contributed by atoms with Crippen molar-refractivity contribution in [2.45, 2.75) is 26.8 Å². The Balaban J connectivity index is 2.53. The third-order valence-corrected chi connectivity index (χ3v) is 3.47. The van der Waals surface area contributed by atoms with Crippen molar-refractivity contribution < 1.29 is 4.74 Å². The predicted octanol–water partition coefficient (Wildman–Crippen LogP) is 2.74. The van der Waals surface area contributed by atoms with Gasteiger partial charge in [-0.05, 0) is 26.5 Å². The van der Waals surface area contributed by atoms with Crippen molar-refractivity contribution in [2.75, 3.05) is 13.7 Å². The fourth-order valence-electron chi connectivity index (χ4n) is 2.57. The Morgan fingerprint density at radius 2 is 2.05 bits per heavy atom. The van der Waals surface area contributed by atoms with Crippen molar-refractivity contribution in [3.05, 3.63) is 46.8 Å². The second-order valence-electron chi connectivity index (χ2n) is 5.08. The number of aromatic nitrogens is 2. The monoisotopic (exact) mass is 273 g/mol. The molecule has 0 amide bonds. The van der Waals surface area contributed by atoms with Crippen LogP contribution in [0.25, 0.3) is 0 Å². The van der Waals surface area contributed by atoms with Crippen molar-refractivity contribution in [3.8, 4) is 5.75 Å². The van der Waals surface area contributed by atoms with E-state index in [1.54, 1.807) is 7.11 Å². The highest BCUT2D eigenvalue weighted by Crippen LogP contribution is 2.32. The summed E-state index contributed by atoms with van der Waals surface area (Å²) in [7, 11) is 3.67. The molecule has 4 heteroatoms. The van der Waals surface area contributed by atoms with E-state index in [2.05, 4.69) is 42.6 Å². The van der Waals surface area contributed by atoms with E-state index in [1.807, 2.05) is 24.7 Å². The van der Waals surface area contributed by atoms with E-state index in [0.29, 0.717) is 0 Å². The lowest BCUT2D eigenvalue weighted by Gasteiger charge is -2.21. The molecule has 1 heterocycles. The van der Waals surface area contributed by atoms with Crippen LogP contribution in [0.15, 0.2) is 24.4 Å². The van der Waals surface area contributed by atoms with Crippen LogP contribution in [0, 0.1) is 13.8 Å². The smallest absolute Gasteiger partial charge is 0.124 e. The molecule has 1 unspecified atom stereocenters. The van der Waals surface area contributed by atoms with Gasteiger partial charge in [0.1, 0.15) is 5.75 Å². The van der Waals surface area contributed by atoms with E-state index in [0.717, 1.165) is 23.6 Å². The molecule has 0 fully saturated rings. The molecule has 0 aliphatic heterocycles. The van der Waals surface area contributed by atoms with E-state index < -0.39 is 0 Å². The maximum Gasteiger partial charge on any atom is 0.124 e. The lowest BCUT2D eigenvalue weighted by Crippen LogP contribution is -2.23. The Morgan fingerprint density at radius 3 is 2.60 bits per heavy atom. The molecule has 0 saturated carbocycles. The van der Waals surface area contributed by atoms with Crippen LogP contribution in [0.2, 0.25) is 0 Å². The molecule has 0 aliphatic rings. The standard InChI is InChI=1S/C16H23N3O/c1-6-17-16(14-10-19(4)18-12(14)3)13-9-11(2)7-8-15(13)20-5/h7-10,16-17H,6H2,1-5H3. The van der Waals surface area contributed by atoms with Crippen molar-refractivity contribution in [3.63, 3.8) is 0 Å².